The lowest BCUT2D eigenvalue weighted by Crippen LogP contribution is -2.26. The summed E-state index contributed by atoms with van der Waals surface area (Å²) in [6.07, 6.45) is 3.20. The lowest BCUT2D eigenvalue weighted by Gasteiger charge is -2.04. The summed E-state index contributed by atoms with van der Waals surface area (Å²) >= 11 is 0. The predicted molar refractivity (Wildman–Crippen MR) is 80.5 cm³/mol. The van der Waals surface area contributed by atoms with Crippen molar-refractivity contribution in [1.29, 1.82) is 0 Å². The number of epoxide rings is 1. The summed E-state index contributed by atoms with van der Waals surface area (Å²) < 4.78 is 4.88. The van der Waals surface area contributed by atoms with Crippen molar-refractivity contribution in [3.05, 3.63) is 59.2 Å². The third-order valence-electron chi connectivity index (χ3n) is 3.49. The first-order valence-corrected chi connectivity index (χ1v) is 6.79. The minimum absolute atomic E-state index is 0.0689. The van der Waals surface area contributed by atoms with E-state index in [1.807, 2.05) is 0 Å². The van der Waals surface area contributed by atoms with Gasteiger partial charge in [-0.1, -0.05) is 0 Å². The van der Waals surface area contributed by atoms with Crippen molar-refractivity contribution < 1.29 is 44.3 Å². The molecule has 2 atom stereocenters. The van der Waals surface area contributed by atoms with Crippen molar-refractivity contribution in [3.8, 4) is 0 Å². The number of ether oxygens (including phenoxy) is 1. The molecule has 25 heavy (non-hydrogen) atoms. The fourth-order valence-electron chi connectivity index (χ4n) is 2.04. The lowest BCUT2D eigenvalue weighted by atomic mass is 9.97. The first-order chi connectivity index (χ1) is 11.7. The average Bonchev–Trinajstić information content (AvgIpc) is 3.30. The molecular weight excluding hydrogens is 336 g/mol. The standard InChI is InChI=1S/C8H6O5.C8H6O4/c9-6(10)4-1-2-8(7(11)12)5(3-4)13-8;9-7(10)5-1-2-6(4-3-5)8(11)12/h1-3,5H,(H,9,10)(H,11,12);1-4H,(H,9,10)(H,11,12). The zero-order valence-corrected chi connectivity index (χ0v) is 12.4. The number of carboxylic acid groups (broad SMARTS) is 4. The summed E-state index contributed by atoms with van der Waals surface area (Å²) in [6.45, 7) is 0. The molecule has 2 aliphatic rings. The molecule has 0 bridgehead atoms. The predicted octanol–water partition coefficient (Wildman–Crippen LogP) is 0.872. The van der Waals surface area contributed by atoms with E-state index in [4.69, 9.17) is 25.2 Å². The second-order valence-corrected chi connectivity index (χ2v) is 5.08. The van der Waals surface area contributed by atoms with Crippen molar-refractivity contribution in [2.24, 2.45) is 0 Å². The van der Waals surface area contributed by atoms with Gasteiger partial charge in [-0.2, -0.15) is 0 Å². The van der Waals surface area contributed by atoms with Gasteiger partial charge < -0.3 is 25.2 Å². The van der Waals surface area contributed by atoms with Crippen LogP contribution in [0.3, 0.4) is 0 Å². The Kier molecular flexibility index (Phi) is 4.70. The molecule has 1 aliphatic carbocycles. The van der Waals surface area contributed by atoms with Crippen LogP contribution in [0, 0.1) is 0 Å². The van der Waals surface area contributed by atoms with Gasteiger partial charge in [0.15, 0.2) is 0 Å². The Morgan fingerprint density at radius 1 is 0.840 bits per heavy atom. The van der Waals surface area contributed by atoms with Crippen LogP contribution >= 0.6 is 0 Å². The molecule has 0 radical (unpaired) electrons. The normalized spacial score (nSPS) is 22.6. The van der Waals surface area contributed by atoms with Crippen LogP contribution in [0.4, 0.5) is 0 Å². The van der Waals surface area contributed by atoms with Gasteiger partial charge >= 0.3 is 23.9 Å². The SMILES string of the molecule is O=C(O)C1=CC2OC2(C(=O)O)C=C1.O=C(O)c1ccc(C(=O)O)cc1. The molecule has 3 rings (SSSR count). The fourth-order valence-corrected chi connectivity index (χ4v) is 2.04. The molecule has 1 aromatic carbocycles. The van der Waals surface area contributed by atoms with Gasteiger partial charge in [-0.15, -0.1) is 0 Å². The number of carbonyl (C=O) groups is 4. The van der Waals surface area contributed by atoms with E-state index in [1.54, 1.807) is 0 Å². The summed E-state index contributed by atoms with van der Waals surface area (Å²) in [4.78, 5) is 41.8. The van der Waals surface area contributed by atoms with Gasteiger partial charge in [-0.3, -0.25) is 0 Å². The minimum Gasteiger partial charge on any atom is -0.479 e. The molecule has 0 saturated carbocycles. The first-order valence-electron chi connectivity index (χ1n) is 6.79. The van der Waals surface area contributed by atoms with Crippen molar-refractivity contribution in [2.75, 3.05) is 0 Å². The van der Waals surface area contributed by atoms with Crippen LogP contribution in [0.15, 0.2) is 48.1 Å². The van der Waals surface area contributed by atoms with Crippen molar-refractivity contribution in [2.45, 2.75) is 11.7 Å². The average molecular weight is 348 g/mol. The summed E-state index contributed by atoms with van der Waals surface area (Å²) in [6, 6.07) is 5.02. The van der Waals surface area contributed by atoms with E-state index in [0.717, 1.165) is 0 Å². The molecule has 0 amide bonds. The summed E-state index contributed by atoms with van der Waals surface area (Å²) in [5, 5.41) is 34.2. The largest absolute Gasteiger partial charge is 0.479 e. The molecule has 0 spiro atoms. The van der Waals surface area contributed by atoms with Gasteiger partial charge in [-0.05, 0) is 42.5 Å². The van der Waals surface area contributed by atoms with E-state index in [0.29, 0.717) is 0 Å². The smallest absolute Gasteiger partial charge is 0.343 e. The van der Waals surface area contributed by atoms with Gasteiger partial charge in [0, 0.05) is 0 Å². The highest BCUT2D eigenvalue weighted by molar-refractivity contribution is 5.94. The Balaban J connectivity index is 0.000000181. The molecule has 9 nitrogen and oxygen atoms in total. The first kappa shape index (κ1) is 17.9. The Morgan fingerprint density at radius 2 is 1.32 bits per heavy atom. The van der Waals surface area contributed by atoms with E-state index >= 15 is 0 Å². The van der Waals surface area contributed by atoms with Gasteiger partial charge in [0.1, 0.15) is 6.10 Å². The summed E-state index contributed by atoms with van der Waals surface area (Å²) in [7, 11) is 0. The van der Waals surface area contributed by atoms with Gasteiger partial charge in [-0.25, -0.2) is 19.2 Å². The van der Waals surface area contributed by atoms with Crippen molar-refractivity contribution in [1.82, 2.24) is 0 Å². The molecular formula is C16H12O9. The zero-order valence-electron chi connectivity index (χ0n) is 12.4. The van der Waals surface area contributed by atoms with Gasteiger partial charge in [0.25, 0.3) is 0 Å². The molecule has 130 valence electrons. The molecule has 1 aliphatic heterocycles. The number of aliphatic carboxylic acids is 2. The maximum Gasteiger partial charge on any atom is 0.343 e. The number of aromatic carboxylic acids is 2. The number of hydrogen-bond acceptors (Lipinski definition) is 5. The van der Waals surface area contributed by atoms with Crippen LogP contribution in [0.25, 0.3) is 0 Å². The van der Waals surface area contributed by atoms with Crippen molar-refractivity contribution in [3.63, 3.8) is 0 Å². The molecule has 9 heteroatoms. The van der Waals surface area contributed by atoms with Gasteiger partial charge in [0.2, 0.25) is 5.60 Å². The number of hydrogen-bond donors (Lipinski definition) is 4. The Hall–Kier alpha value is -3.46. The molecule has 1 fully saturated rings. The van der Waals surface area contributed by atoms with Crippen LogP contribution < -0.4 is 0 Å². The van der Waals surface area contributed by atoms with E-state index in [2.05, 4.69) is 0 Å². The molecule has 2 unspecified atom stereocenters. The summed E-state index contributed by atoms with van der Waals surface area (Å²) in [5.74, 6) is -4.29. The number of benzene rings is 1. The van der Waals surface area contributed by atoms with Gasteiger partial charge in [0.05, 0.1) is 16.7 Å². The van der Waals surface area contributed by atoms with E-state index in [1.165, 1.54) is 42.5 Å². The molecule has 1 aromatic rings. The molecule has 1 saturated heterocycles. The van der Waals surface area contributed by atoms with E-state index < -0.39 is 35.6 Å². The number of carboxylic acids is 4. The maximum absolute atomic E-state index is 10.6. The second kappa shape index (κ2) is 6.57. The Bertz CT molecular complexity index is 770. The van der Waals surface area contributed by atoms with Crippen LogP contribution in [0.2, 0.25) is 0 Å². The maximum atomic E-state index is 10.6. The highest BCUT2D eigenvalue weighted by Gasteiger charge is 2.61. The van der Waals surface area contributed by atoms with E-state index in [9.17, 15) is 19.2 Å². The number of rotatable bonds is 4. The fraction of sp³-hybridized carbons (Fsp3) is 0.125. The quantitative estimate of drug-likeness (QED) is 0.578. The third kappa shape index (κ3) is 3.72. The zero-order chi connectivity index (χ0) is 18.8. The number of fused-ring (bicyclic) bond motifs is 1. The molecule has 4 N–H and O–H groups in total. The highest BCUT2D eigenvalue weighted by atomic mass is 16.6. The Labute approximate surface area is 140 Å². The Morgan fingerprint density at radius 3 is 1.64 bits per heavy atom. The van der Waals surface area contributed by atoms with Crippen LogP contribution in [-0.2, 0) is 14.3 Å². The van der Waals surface area contributed by atoms with Crippen LogP contribution in [0.5, 0.6) is 0 Å². The van der Waals surface area contributed by atoms with E-state index in [-0.39, 0.29) is 16.7 Å². The van der Waals surface area contributed by atoms with Crippen LogP contribution in [0.1, 0.15) is 20.7 Å². The molecule has 0 aromatic heterocycles. The second-order valence-electron chi connectivity index (χ2n) is 5.08. The minimum atomic E-state index is -1.29. The third-order valence-corrected chi connectivity index (χ3v) is 3.49. The topological polar surface area (TPSA) is 162 Å². The highest BCUT2D eigenvalue weighted by Crippen LogP contribution is 2.42. The monoisotopic (exact) mass is 348 g/mol. The van der Waals surface area contributed by atoms with Crippen LogP contribution in [-0.4, -0.2) is 56.0 Å². The molecule has 1 heterocycles. The summed E-state index contributed by atoms with van der Waals surface area (Å²) in [5.41, 5.74) is -1.06. The van der Waals surface area contributed by atoms with Crippen molar-refractivity contribution >= 4 is 23.9 Å². The lowest BCUT2D eigenvalue weighted by molar-refractivity contribution is -0.141.